The van der Waals surface area contributed by atoms with E-state index in [-0.39, 0.29) is 0 Å². The van der Waals surface area contributed by atoms with Crippen molar-refractivity contribution in [1.82, 2.24) is 5.32 Å². The standard InChI is InChI=1S/C13H27NO/c1-12(2)5-4-9-15-10-7-13-6-3-8-14-11-13/h12-14H,3-11H2,1-2H3. The first-order valence-corrected chi connectivity index (χ1v) is 6.57. The maximum absolute atomic E-state index is 5.66. The molecular weight excluding hydrogens is 186 g/mol. The second kappa shape index (κ2) is 8.12. The molecule has 15 heavy (non-hydrogen) atoms. The number of ether oxygens (including phenoxy) is 1. The zero-order valence-corrected chi connectivity index (χ0v) is 10.4. The Kier molecular flexibility index (Phi) is 7.03. The van der Waals surface area contributed by atoms with Gasteiger partial charge in [0.05, 0.1) is 0 Å². The average Bonchev–Trinajstić information content (AvgIpc) is 2.24. The van der Waals surface area contributed by atoms with E-state index in [4.69, 9.17) is 4.74 Å². The molecule has 0 aliphatic carbocycles. The summed E-state index contributed by atoms with van der Waals surface area (Å²) in [6.45, 7) is 8.88. The van der Waals surface area contributed by atoms with E-state index in [0.29, 0.717) is 0 Å². The van der Waals surface area contributed by atoms with Gasteiger partial charge in [0.1, 0.15) is 0 Å². The highest BCUT2D eigenvalue weighted by atomic mass is 16.5. The van der Waals surface area contributed by atoms with Crippen molar-refractivity contribution >= 4 is 0 Å². The predicted octanol–water partition coefficient (Wildman–Crippen LogP) is 2.83. The van der Waals surface area contributed by atoms with Gasteiger partial charge in [-0.2, -0.15) is 0 Å². The summed E-state index contributed by atoms with van der Waals surface area (Å²) < 4.78 is 5.66. The second-order valence-corrected chi connectivity index (χ2v) is 5.15. The summed E-state index contributed by atoms with van der Waals surface area (Å²) in [7, 11) is 0. The number of nitrogens with one attached hydrogen (secondary N) is 1. The molecule has 0 aromatic carbocycles. The lowest BCUT2D eigenvalue weighted by Gasteiger charge is -2.22. The van der Waals surface area contributed by atoms with E-state index in [9.17, 15) is 0 Å². The summed E-state index contributed by atoms with van der Waals surface area (Å²) in [5.74, 6) is 1.68. The lowest BCUT2D eigenvalue weighted by Crippen LogP contribution is -2.30. The Balaban J connectivity index is 1.83. The number of hydrogen-bond donors (Lipinski definition) is 1. The summed E-state index contributed by atoms with van der Waals surface area (Å²) in [5, 5.41) is 3.45. The van der Waals surface area contributed by atoms with Crippen LogP contribution in [0.3, 0.4) is 0 Å². The summed E-state index contributed by atoms with van der Waals surface area (Å²) in [5.41, 5.74) is 0. The summed E-state index contributed by atoms with van der Waals surface area (Å²) in [6, 6.07) is 0. The topological polar surface area (TPSA) is 21.3 Å². The molecule has 2 heteroatoms. The summed E-state index contributed by atoms with van der Waals surface area (Å²) in [4.78, 5) is 0. The summed E-state index contributed by atoms with van der Waals surface area (Å²) >= 11 is 0. The molecule has 1 N–H and O–H groups in total. The molecule has 90 valence electrons. The van der Waals surface area contributed by atoms with E-state index in [0.717, 1.165) is 25.0 Å². The average molecular weight is 213 g/mol. The Bertz CT molecular complexity index is 141. The molecule has 0 amide bonds. The molecule has 1 saturated heterocycles. The Morgan fingerprint density at radius 2 is 2.20 bits per heavy atom. The van der Waals surface area contributed by atoms with Crippen molar-refractivity contribution < 1.29 is 4.74 Å². The fourth-order valence-electron chi connectivity index (χ4n) is 2.12. The zero-order chi connectivity index (χ0) is 10.9. The molecule has 1 unspecified atom stereocenters. The van der Waals surface area contributed by atoms with Gasteiger partial charge >= 0.3 is 0 Å². The lowest BCUT2D eigenvalue weighted by atomic mass is 9.97. The third-order valence-corrected chi connectivity index (χ3v) is 3.14. The fourth-order valence-corrected chi connectivity index (χ4v) is 2.12. The monoisotopic (exact) mass is 213 g/mol. The van der Waals surface area contributed by atoms with Gasteiger partial charge in [0.25, 0.3) is 0 Å². The maximum Gasteiger partial charge on any atom is 0.0469 e. The highest BCUT2D eigenvalue weighted by Gasteiger charge is 2.11. The smallest absolute Gasteiger partial charge is 0.0469 e. The molecule has 2 nitrogen and oxygen atoms in total. The highest BCUT2D eigenvalue weighted by molar-refractivity contribution is 4.68. The SMILES string of the molecule is CC(C)CCCOCCC1CCCNC1. The molecule has 0 radical (unpaired) electrons. The van der Waals surface area contributed by atoms with Gasteiger partial charge in [0.15, 0.2) is 0 Å². The molecule has 0 bridgehead atoms. The Hall–Kier alpha value is -0.0800. The van der Waals surface area contributed by atoms with E-state index < -0.39 is 0 Å². The van der Waals surface area contributed by atoms with Gasteiger partial charge < -0.3 is 10.1 Å². The molecular formula is C13H27NO. The van der Waals surface area contributed by atoms with Gasteiger partial charge in [0, 0.05) is 13.2 Å². The predicted molar refractivity (Wildman–Crippen MR) is 65.1 cm³/mol. The van der Waals surface area contributed by atoms with Crippen LogP contribution in [0.15, 0.2) is 0 Å². The fraction of sp³-hybridized carbons (Fsp3) is 1.00. The normalized spacial score (nSPS) is 22.2. The molecule has 1 heterocycles. The maximum atomic E-state index is 5.66. The Morgan fingerprint density at radius 1 is 1.33 bits per heavy atom. The first-order chi connectivity index (χ1) is 7.29. The number of rotatable bonds is 7. The molecule has 1 aliphatic heterocycles. The van der Waals surface area contributed by atoms with Crippen LogP contribution in [0.1, 0.15) is 46.0 Å². The van der Waals surface area contributed by atoms with Gasteiger partial charge in [-0.1, -0.05) is 13.8 Å². The van der Waals surface area contributed by atoms with E-state index >= 15 is 0 Å². The van der Waals surface area contributed by atoms with Gasteiger partial charge in [-0.25, -0.2) is 0 Å². The van der Waals surface area contributed by atoms with Crippen LogP contribution in [0.25, 0.3) is 0 Å². The van der Waals surface area contributed by atoms with Gasteiger partial charge in [-0.15, -0.1) is 0 Å². The van der Waals surface area contributed by atoms with E-state index in [1.54, 1.807) is 0 Å². The van der Waals surface area contributed by atoms with Crippen LogP contribution in [0.2, 0.25) is 0 Å². The largest absolute Gasteiger partial charge is 0.381 e. The molecule has 0 aromatic rings. The van der Waals surface area contributed by atoms with Gasteiger partial charge in [0.2, 0.25) is 0 Å². The Morgan fingerprint density at radius 3 is 2.87 bits per heavy atom. The van der Waals surface area contributed by atoms with Crippen LogP contribution in [-0.2, 0) is 4.74 Å². The third kappa shape index (κ3) is 6.91. The van der Waals surface area contributed by atoms with E-state index in [1.807, 2.05) is 0 Å². The molecule has 1 rings (SSSR count). The van der Waals surface area contributed by atoms with Crippen LogP contribution in [0.5, 0.6) is 0 Å². The Labute approximate surface area is 94.8 Å². The summed E-state index contributed by atoms with van der Waals surface area (Å²) in [6.07, 6.45) is 6.50. The van der Waals surface area contributed by atoms with Crippen molar-refractivity contribution in [2.45, 2.75) is 46.0 Å². The van der Waals surface area contributed by atoms with Crippen molar-refractivity contribution in [3.05, 3.63) is 0 Å². The minimum Gasteiger partial charge on any atom is -0.381 e. The van der Waals surface area contributed by atoms with Crippen molar-refractivity contribution in [2.75, 3.05) is 26.3 Å². The minimum absolute atomic E-state index is 0.816. The molecule has 0 saturated carbocycles. The molecule has 0 aromatic heterocycles. The highest BCUT2D eigenvalue weighted by Crippen LogP contribution is 2.13. The third-order valence-electron chi connectivity index (χ3n) is 3.14. The van der Waals surface area contributed by atoms with Crippen LogP contribution >= 0.6 is 0 Å². The number of piperidine rings is 1. The molecule has 1 atom stereocenters. The zero-order valence-electron chi connectivity index (χ0n) is 10.4. The molecule has 1 fully saturated rings. The van der Waals surface area contributed by atoms with Crippen molar-refractivity contribution in [3.8, 4) is 0 Å². The van der Waals surface area contributed by atoms with Crippen molar-refractivity contribution in [2.24, 2.45) is 11.8 Å². The van der Waals surface area contributed by atoms with Crippen molar-refractivity contribution in [3.63, 3.8) is 0 Å². The van der Waals surface area contributed by atoms with Gasteiger partial charge in [-0.05, 0) is 57.0 Å². The lowest BCUT2D eigenvalue weighted by molar-refractivity contribution is 0.110. The number of hydrogen-bond acceptors (Lipinski definition) is 2. The van der Waals surface area contributed by atoms with E-state index in [2.05, 4.69) is 19.2 Å². The molecule has 1 aliphatic rings. The van der Waals surface area contributed by atoms with Crippen LogP contribution in [-0.4, -0.2) is 26.3 Å². The van der Waals surface area contributed by atoms with Crippen LogP contribution < -0.4 is 5.32 Å². The second-order valence-electron chi connectivity index (χ2n) is 5.15. The minimum atomic E-state index is 0.816. The van der Waals surface area contributed by atoms with Crippen LogP contribution in [0, 0.1) is 11.8 Å². The first kappa shape index (κ1) is 13.0. The first-order valence-electron chi connectivity index (χ1n) is 6.57. The van der Waals surface area contributed by atoms with Gasteiger partial charge in [-0.3, -0.25) is 0 Å². The van der Waals surface area contributed by atoms with Crippen LogP contribution in [0.4, 0.5) is 0 Å². The van der Waals surface area contributed by atoms with E-state index in [1.165, 1.54) is 45.2 Å². The quantitative estimate of drug-likeness (QED) is 0.657. The van der Waals surface area contributed by atoms with Crippen molar-refractivity contribution in [1.29, 1.82) is 0 Å². The molecule has 0 spiro atoms.